The third-order valence-electron chi connectivity index (χ3n) is 7.10. The minimum Gasteiger partial charge on any atom is -0.365 e. The molecule has 0 amide bonds. The number of ether oxygens (including phenoxy) is 1. The monoisotopic (exact) mass is 435 g/mol. The Morgan fingerprint density at radius 3 is 2.45 bits per heavy atom. The second-order valence-corrected chi connectivity index (χ2v) is 12.1. The Morgan fingerprint density at radius 2 is 1.83 bits per heavy atom. The van der Waals surface area contributed by atoms with Crippen LogP contribution in [0.2, 0.25) is 0 Å². The van der Waals surface area contributed by atoms with Gasteiger partial charge in [-0.3, -0.25) is 0 Å². The first-order valence-corrected chi connectivity index (χ1v) is 13.1. The molecular formula is C24H34ClNO2S. The van der Waals surface area contributed by atoms with E-state index in [9.17, 15) is 4.21 Å². The van der Waals surface area contributed by atoms with Gasteiger partial charge in [-0.15, -0.1) is 11.6 Å². The van der Waals surface area contributed by atoms with Gasteiger partial charge in [0.2, 0.25) is 0 Å². The van der Waals surface area contributed by atoms with Crippen LogP contribution in [0.15, 0.2) is 50.1 Å². The summed E-state index contributed by atoms with van der Waals surface area (Å²) in [6.07, 6.45) is 8.23. The smallest absolute Gasteiger partial charge is 0.103 e. The molecule has 0 aromatic heterocycles. The van der Waals surface area contributed by atoms with Gasteiger partial charge in [-0.2, -0.15) is 0 Å². The zero-order chi connectivity index (χ0) is 20.6. The number of hydrogen-bond acceptors (Lipinski definition) is 3. The van der Waals surface area contributed by atoms with Crippen molar-refractivity contribution in [2.45, 2.75) is 87.2 Å². The maximum Gasteiger partial charge on any atom is 0.103 e. The van der Waals surface area contributed by atoms with Crippen LogP contribution in [-0.2, 0) is 14.5 Å². The van der Waals surface area contributed by atoms with Crippen molar-refractivity contribution in [2.75, 3.05) is 7.05 Å². The average molecular weight is 436 g/mol. The zero-order valence-corrected chi connectivity index (χ0v) is 19.5. The van der Waals surface area contributed by atoms with Gasteiger partial charge < -0.3 is 4.74 Å². The normalized spacial score (nSPS) is 34.7. The molecule has 1 heterocycles. The molecule has 2 saturated carbocycles. The van der Waals surface area contributed by atoms with Gasteiger partial charge >= 0.3 is 0 Å². The fourth-order valence-electron chi connectivity index (χ4n) is 5.72. The van der Waals surface area contributed by atoms with E-state index >= 15 is 0 Å². The van der Waals surface area contributed by atoms with Crippen LogP contribution in [0.1, 0.15) is 65.2 Å². The van der Waals surface area contributed by atoms with Gasteiger partial charge in [-0.1, -0.05) is 38.5 Å². The molecule has 0 bridgehead atoms. The molecule has 2 fully saturated rings. The number of rotatable bonds is 3. The van der Waals surface area contributed by atoms with E-state index in [4.69, 9.17) is 16.3 Å². The molecule has 1 aliphatic heterocycles. The molecule has 0 N–H and O–H groups in total. The molecule has 160 valence electrons. The first-order valence-electron chi connectivity index (χ1n) is 11.2. The number of alkyl halides is 1. The van der Waals surface area contributed by atoms with Gasteiger partial charge in [0.15, 0.2) is 0 Å². The highest BCUT2D eigenvalue weighted by molar-refractivity contribution is 7.97. The number of benzene rings is 1. The summed E-state index contributed by atoms with van der Waals surface area (Å²) in [5.74, 6) is 0.802. The van der Waals surface area contributed by atoms with Crippen LogP contribution < -0.4 is 0 Å². The van der Waals surface area contributed by atoms with Crippen molar-refractivity contribution in [3.63, 3.8) is 0 Å². The van der Waals surface area contributed by atoms with Gasteiger partial charge in [0.1, 0.15) is 15.3 Å². The Morgan fingerprint density at radius 1 is 1.14 bits per heavy atom. The van der Waals surface area contributed by atoms with E-state index in [1.54, 1.807) is 7.05 Å². The van der Waals surface area contributed by atoms with Crippen LogP contribution >= 0.6 is 11.6 Å². The van der Waals surface area contributed by atoms with Gasteiger partial charge in [-0.25, -0.2) is 8.57 Å². The highest BCUT2D eigenvalue weighted by Crippen LogP contribution is 2.54. The minimum atomic E-state index is -2.72. The molecule has 0 saturated heterocycles. The summed E-state index contributed by atoms with van der Waals surface area (Å²) >= 11 is 6.50. The van der Waals surface area contributed by atoms with Crippen LogP contribution in [0.5, 0.6) is 0 Å². The molecule has 1 aromatic rings. The number of fused-ring (bicyclic) bond motifs is 1. The standard InChI is InChI=1S/C24H34ClNO2S/c1-17(2)22-20-11-7-8-12-21(20)23(24(28-22)15-13-18(25)14-16-24)29(27,26-3)19-9-5-4-6-10-19/h4-6,9-10,17-18,20,22H,7-8,11-16H2,1-3H3/t18?,20-,22+,24?,29?/m1/s1. The van der Waals surface area contributed by atoms with Crippen molar-refractivity contribution in [3.8, 4) is 0 Å². The number of halogens is 1. The molecule has 5 heteroatoms. The van der Waals surface area contributed by atoms with Crippen molar-refractivity contribution in [1.82, 2.24) is 0 Å². The predicted octanol–water partition coefficient (Wildman–Crippen LogP) is 6.56. The van der Waals surface area contributed by atoms with Gasteiger partial charge in [0, 0.05) is 18.3 Å². The van der Waals surface area contributed by atoms with Crippen molar-refractivity contribution in [2.24, 2.45) is 16.2 Å². The number of nitrogens with zero attached hydrogens (tertiary/aromatic N) is 1. The second kappa shape index (κ2) is 8.36. The molecular weight excluding hydrogens is 402 g/mol. The van der Waals surface area contributed by atoms with Crippen LogP contribution in [0.3, 0.4) is 0 Å². The van der Waals surface area contributed by atoms with Crippen LogP contribution in [-0.4, -0.2) is 28.3 Å². The van der Waals surface area contributed by atoms with Crippen molar-refractivity contribution in [3.05, 3.63) is 40.8 Å². The Balaban J connectivity index is 1.96. The summed E-state index contributed by atoms with van der Waals surface area (Å²) in [7, 11) is -0.997. The molecule has 29 heavy (non-hydrogen) atoms. The first-order chi connectivity index (χ1) is 13.9. The van der Waals surface area contributed by atoms with E-state index in [0.29, 0.717) is 11.8 Å². The van der Waals surface area contributed by atoms with Gasteiger partial charge in [0.05, 0.1) is 15.9 Å². The maximum atomic E-state index is 14.7. The molecule has 3 atom stereocenters. The summed E-state index contributed by atoms with van der Waals surface area (Å²) < 4.78 is 26.3. The lowest BCUT2D eigenvalue weighted by molar-refractivity contribution is -0.134. The Kier molecular flexibility index (Phi) is 6.17. The van der Waals surface area contributed by atoms with Crippen LogP contribution in [0.25, 0.3) is 0 Å². The van der Waals surface area contributed by atoms with E-state index in [1.165, 1.54) is 18.4 Å². The Labute approximate surface area is 181 Å². The quantitative estimate of drug-likeness (QED) is 0.504. The highest BCUT2D eigenvalue weighted by atomic mass is 35.5. The summed E-state index contributed by atoms with van der Waals surface area (Å²) in [6.45, 7) is 4.53. The third kappa shape index (κ3) is 3.70. The lowest BCUT2D eigenvalue weighted by Crippen LogP contribution is -2.53. The third-order valence-corrected chi connectivity index (χ3v) is 10.1. The molecule has 1 spiro atoms. The second-order valence-electron chi connectivity index (χ2n) is 9.22. The molecule has 4 rings (SSSR count). The summed E-state index contributed by atoms with van der Waals surface area (Å²) in [5, 5.41) is 0.184. The van der Waals surface area contributed by atoms with E-state index in [0.717, 1.165) is 48.3 Å². The van der Waals surface area contributed by atoms with Crippen molar-refractivity contribution >= 4 is 21.3 Å². The largest absolute Gasteiger partial charge is 0.365 e. The summed E-state index contributed by atoms with van der Waals surface area (Å²) in [5.41, 5.74) is 0.907. The van der Waals surface area contributed by atoms with Crippen molar-refractivity contribution in [1.29, 1.82) is 0 Å². The summed E-state index contributed by atoms with van der Waals surface area (Å²) in [4.78, 5) is 1.83. The fourth-order valence-corrected chi connectivity index (χ4v) is 8.46. The molecule has 2 aliphatic carbocycles. The average Bonchev–Trinajstić information content (AvgIpc) is 2.75. The van der Waals surface area contributed by atoms with E-state index in [1.807, 2.05) is 30.3 Å². The molecule has 1 unspecified atom stereocenters. The topological polar surface area (TPSA) is 38.7 Å². The SMILES string of the molecule is CN=S(=O)(C1=C2CCCC[C@H]2[C@H](C(C)C)OC12CCC(Cl)CC2)c1ccccc1. The maximum absolute atomic E-state index is 14.7. The van der Waals surface area contributed by atoms with Gasteiger partial charge in [-0.05, 0) is 68.6 Å². The first kappa shape index (κ1) is 21.4. The van der Waals surface area contributed by atoms with Crippen molar-refractivity contribution < 1.29 is 8.95 Å². The zero-order valence-electron chi connectivity index (χ0n) is 17.9. The predicted molar refractivity (Wildman–Crippen MR) is 121 cm³/mol. The Hall–Kier alpha value is -0.840. The summed E-state index contributed by atoms with van der Waals surface area (Å²) in [6, 6.07) is 9.84. The lowest BCUT2D eigenvalue weighted by Gasteiger charge is -2.52. The highest BCUT2D eigenvalue weighted by Gasteiger charge is 2.53. The lowest BCUT2D eigenvalue weighted by atomic mass is 9.70. The molecule has 0 radical (unpaired) electrons. The minimum absolute atomic E-state index is 0.184. The molecule has 3 aliphatic rings. The van der Waals surface area contributed by atoms with E-state index in [-0.39, 0.29) is 11.5 Å². The van der Waals surface area contributed by atoms with Crippen LogP contribution in [0, 0.1) is 11.8 Å². The van der Waals surface area contributed by atoms with E-state index in [2.05, 4.69) is 18.2 Å². The van der Waals surface area contributed by atoms with E-state index < -0.39 is 15.3 Å². The number of hydrogen-bond donors (Lipinski definition) is 0. The fraction of sp³-hybridized carbons (Fsp3) is 0.667. The Bertz CT molecular complexity index is 877. The molecule has 3 nitrogen and oxygen atoms in total. The molecule has 1 aromatic carbocycles. The van der Waals surface area contributed by atoms with Crippen LogP contribution in [0.4, 0.5) is 0 Å². The van der Waals surface area contributed by atoms with Gasteiger partial charge in [0.25, 0.3) is 0 Å².